The van der Waals surface area contributed by atoms with Gasteiger partial charge in [0.2, 0.25) is 0 Å². The third-order valence-electron chi connectivity index (χ3n) is 2.22. The Kier molecular flexibility index (Phi) is 3.37. The average molecular weight is 304 g/mol. The summed E-state index contributed by atoms with van der Waals surface area (Å²) in [5.74, 6) is 0.139. The summed E-state index contributed by atoms with van der Waals surface area (Å²) >= 11 is 3.21. The first-order valence-electron chi connectivity index (χ1n) is 4.74. The van der Waals surface area contributed by atoms with Crippen LogP contribution in [0.1, 0.15) is 12.4 Å². The quantitative estimate of drug-likeness (QED) is 0.872. The highest BCUT2D eigenvalue weighted by Gasteiger charge is 2.12. The van der Waals surface area contributed by atoms with Gasteiger partial charge in [-0.2, -0.15) is 8.78 Å². The molecule has 2 aromatic heterocycles. The topological polar surface area (TPSA) is 39.8 Å². The molecule has 2 aromatic rings. The van der Waals surface area contributed by atoms with Crippen molar-refractivity contribution in [3.8, 4) is 0 Å². The normalized spacial score (nSPS) is 11.1. The number of rotatable bonds is 3. The summed E-state index contributed by atoms with van der Waals surface area (Å²) in [7, 11) is 0. The Labute approximate surface area is 104 Å². The number of hydrogen-bond acceptors (Lipinski definition) is 2. The number of hydrogen-bond donors (Lipinski definition) is 0. The van der Waals surface area contributed by atoms with E-state index in [1.807, 2.05) is 0 Å². The second-order valence-electron chi connectivity index (χ2n) is 3.34. The smallest absolute Gasteiger partial charge is 0.307 e. The maximum atomic E-state index is 12.6. The van der Waals surface area contributed by atoms with E-state index in [1.54, 1.807) is 6.07 Å². The molecule has 0 radical (unpaired) electrons. The van der Waals surface area contributed by atoms with Crippen LogP contribution in [0.2, 0.25) is 0 Å². The summed E-state index contributed by atoms with van der Waals surface area (Å²) in [6.45, 7) is -2.65. The van der Waals surface area contributed by atoms with Gasteiger partial charge in [-0.1, -0.05) is 0 Å². The van der Waals surface area contributed by atoms with Gasteiger partial charge in [0.1, 0.15) is 5.82 Å². The molecule has 0 bridgehead atoms. The van der Waals surface area contributed by atoms with Crippen molar-refractivity contribution in [2.45, 2.75) is 13.1 Å². The fourth-order valence-electron chi connectivity index (χ4n) is 1.42. The predicted molar refractivity (Wildman–Crippen MR) is 61.0 cm³/mol. The maximum absolute atomic E-state index is 12.6. The number of halogens is 3. The van der Waals surface area contributed by atoms with Gasteiger partial charge in [-0.05, 0) is 22.0 Å². The van der Waals surface area contributed by atoms with E-state index >= 15 is 0 Å². The van der Waals surface area contributed by atoms with Crippen LogP contribution in [0.25, 0.3) is 0 Å². The Hall–Kier alpha value is -1.50. The van der Waals surface area contributed by atoms with Crippen molar-refractivity contribution in [2.24, 2.45) is 0 Å². The minimum Gasteiger partial charge on any atom is -0.307 e. The Morgan fingerprint density at radius 2 is 2.18 bits per heavy atom. The highest BCUT2D eigenvalue weighted by molar-refractivity contribution is 9.10. The largest absolute Gasteiger partial charge is 0.319 e. The molecule has 2 heterocycles. The Morgan fingerprint density at radius 1 is 1.41 bits per heavy atom. The second kappa shape index (κ2) is 4.79. The molecule has 0 spiro atoms. The van der Waals surface area contributed by atoms with E-state index in [2.05, 4.69) is 20.9 Å². The molecule has 0 amide bonds. The predicted octanol–water partition coefficient (Wildman–Crippen LogP) is 2.25. The summed E-state index contributed by atoms with van der Waals surface area (Å²) in [4.78, 5) is 15.3. The Bertz CT molecular complexity index is 579. The van der Waals surface area contributed by atoms with Gasteiger partial charge in [-0.3, -0.25) is 9.36 Å². The number of nitrogens with zero attached hydrogens (tertiary/aromatic N) is 3. The van der Waals surface area contributed by atoms with Crippen LogP contribution in [0.3, 0.4) is 0 Å². The minimum absolute atomic E-state index is 0.00954. The SMILES string of the molecule is O=c1ccc(Br)cn1Cc1nccn1C(F)F. The van der Waals surface area contributed by atoms with Crippen LogP contribution in [-0.2, 0) is 6.54 Å². The lowest BCUT2D eigenvalue weighted by Crippen LogP contribution is -2.21. The molecule has 0 fully saturated rings. The zero-order valence-corrected chi connectivity index (χ0v) is 10.1. The molecule has 7 heteroatoms. The van der Waals surface area contributed by atoms with Gasteiger partial charge < -0.3 is 4.57 Å². The summed E-state index contributed by atoms with van der Waals surface area (Å²) in [6, 6.07) is 2.96. The molecule has 0 aliphatic heterocycles. The first-order valence-corrected chi connectivity index (χ1v) is 5.53. The third kappa shape index (κ3) is 2.60. The van der Waals surface area contributed by atoms with E-state index in [-0.39, 0.29) is 17.9 Å². The average Bonchev–Trinajstić information content (AvgIpc) is 2.71. The van der Waals surface area contributed by atoms with Gasteiger partial charge in [0.25, 0.3) is 5.56 Å². The molecule has 90 valence electrons. The van der Waals surface area contributed by atoms with Gasteiger partial charge in [0.05, 0.1) is 6.54 Å². The molecular weight excluding hydrogens is 296 g/mol. The van der Waals surface area contributed by atoms with Gasteiger partial charge in [-0.15, -0.1) is 0 Å². The van der Waals surface area contributed by atoms with Gasteiger partial charge in [0.15, 0.2) is 0 Å². The molecule has 0 aliphatic carbocycles. The van der Waals surface area contributed by atoms with Crippen LogP contribution in [0.4, 0.5) is 8.78 Å². The molecule has 0 aliphatic rings. The molecule has 2 rings (SSSR count). The summed E-state index contributed by atoms with van der Waals surface area (Å²) in [5.41, 5.74) is -0.267. The standard InChI is InChI=1S/C10H8BrF2N3O/c11-7-1-2-9(17)15(5-7)6-8-14-3-4-16(8)10(12)13/h1-5,10H,6H2. The molecule has 0 unspecified atom stereocenters. The first kappa shape index (κ1) is 12.0. The lowest BCUT2D eigenvalue weighted by atomic mass is 10.4. The summed E-state index contributed by atoms with van der Waals surface area (Å²) in [6.07, 6.45) is 4.00. The van der Waals surface area contributed by atoms with Crippen molar-refractivity contribution in [1.29, 1.82) is 0 Å². The van der Waals surface area contributed by atoms with Crippen LogP contribution in [0.5, 0.6) is 0 Å². The van der Waals surface area contributed by atoms with Crippen molar-refractivity contribution in [1.82, 2.24) is 14.1 Å². The van der Waals surface area contributed by atoms with E-state index in [4.69, 9.17) is 0 Å². The number of imidazole rings is 1. The highest BCUT2D eigenvalue weighted by atomic mass is 79.9. The molecule has 0 saturated carbocycles. The molecule has 17 heavy (non-hydrogen) atoms. The van der Waals surface area contributed by atoms with Gasteiger partial charge in [0, 0.05) is 29.1 Å². The van der Waals surface area contributed by atoms with Gasteiger partial charge >= 0.3 is 6.55 Å². The summed E-state index contributed by atoms with van der Waals surface area (Å²) in [5, 5.41) is 0. The molecular formula is C10H8BrF2N3O. The first-order chi connectivity index (χ1) is 8.08. The Morgan fingerprint density at radius 3 is 2.88 bits per heavy atom. The van der Waals surface area contributed by atoms with E-state index in [9.17, 15) is 13.6 Å². The van der Waals surface area contributed by atoms with E-state index < -0.39 is 6.55 Å². The number of alkyl halides is 2. The monoisotopic (exact) mass is 303 g/mol. The number of aromatic nitrogens is 3. The van der Waals surface area contributed by atoms with Crippen LogP contribution >= 0.6 is 15.9 Å². The van der Waals surface area contributed by atoms with Crippen molar-refractivity contribution in [3.63, 3.8) is 0 Å². The molecule has 0 saturated heterocycles. The maximum Gasteiger partial charge on any atom is 0.319 e. The van der Waals surface area contributed by atoms with Crippen LogP contribution in [-0.4, -0.2) is 14.1 Å². The van der Waals surface area contributed by atoms with E-state index in [0.29, 0.717) is 4.47 Å². The van der Waals surface area contributed by atoms with Crippen molar-refractivity contribution >= 4 is 15.9 Å². The molecule has 0 aromatic carbocycles. The molecule has 4 nitrogen and oxygen atoms in total. The highest BCUT2D eigenvalue weighted by Crippen LogP contribution is 2.13. The lowest BCUT2D eigenvalue weighted by Gasteiger charge is -2.08. The molecule has 0 N–H and O–H groups in total. The van der Waals surface area contributed by atoms with E-state index in [0.717, 1.165) is 4.57 Å². The lowest BCUT2D eigenvalue weighted by molar-refractivity contribution is 0.0666. The van der Waals surface area contributed by atoms with Crippen LogP contribution in [0, 0.1) is 0 Å². The van der Waals surface area contributed by atoms with Crippen LogP contribution < -0.4 is 5.56 Å². The summed E-state index contributed by atoms with van der Waals surface area (Å²) < 4.78 is 27.9. The Balaban J connectivity index is 2.35. The third-order valence-corrected chi connectivity index (χ3v) is 2.69. The van der Waals surface area contributed by atoms with Gasteiger partial charge in [-0.25, -0.2) is 4.98 Å². The zero-order chi connectivity index (χ0) is 12.4. The number of pyridine rings is 1. The second-order valence-corrected chi connectivity index (χ2v) is 4.26. The van der Waals surface area contributed by atoms with E-state index in [1.165, 1.54) is 29.2 Å². The van der Waals surface area contributed by atoms with Crippen molar-refractivity contribution in [3.05, 3.63) is 51.4 Å². The molecule has 0 atom stereocenters. The minimum atomic E-state index is -2.66. The van der Waals surface area contributed by atoms with Crippen molar-refractivity contribution < 1.29 is 8.78 Å². The zero-order valence-electron chi connectivity index (χ0n) is 8.55. The fraction of sp³-hybridized carbons (Fsp3) is 0.200. The van der Waals surface area contributed by atoms with Crippen LogP contribution in [0.15, 0.2) is 40.0 Å². The fourth-order valence-corrected chi connectivity index (χ4v) is 1.80. The van der Waals surface area contributed by atoms with Crippen molar-refractivity contribution in [2.75, 3.05) is 0 Å².